The maximum Gasteiger partial charge on any atom is 0.123 e. The highest BCUT2D eigenvalue weighted by Crippen LogP contribution is 2.57. The van der Waals surface area contributed by atoms with Gasteiger partial charge in [-0.1, -0.05) is 88.4 Å². The average Bonchev–Trinajstić information content (AvgIpc) is 3.09. The largest absolute Gasteiger partial charge is 1.00 e. The van der Waals surface area contributed by atoms with Crippen LogP contribution in [0, 0.1) is 0 Å². The third-order valence-electron chi connectivity index (χ3n) is 8.00. The number of hydrogen-bond acceptors (Lipinski definition) is 1. The van der Waals surface area contributed by atoms with Crippen LogP contribution in [0.15, 0.2) is 103 Å². The normalized spacial score (nSPS) is 15.5. The van der Waals surface area contributed by atoms with Crippen LogP contribution in [0.3, 0.4) is 0 Å². The van der Waals surface area contributed by atoms with Crippen molar-refractivity contribution in [1.29, 1.82) is 0 Å². The molecule has 0 saturated carbocycles. The highest BCUT2D eigenvalue weighted by molar-refractivity contribution is 7.95. The van der Waals surface area contributed by atoms with E-state index in [4.69, 9.17) is 4.74 Å². The van der Waals surface area contributed by atoms with E-state index in [1.165, 1.54) is 32.6 Å². The van der Waals surface area contributed by atoms with Crippen LogP contribution in [0.1, 0.15) is 50.8 Å². The second kappa shape index (κ2) is 10.8. The molecule has 4 aromatic rings. The molecule has 0 heterocycles. The molecular weight excluding hydrogens is 535 g/mol. The Morgan fingerprint density at radius 1 is 0.676 bits per heavy atom. The van der Waals surface area contributed by atoms with Crippen molar-refractivity contribution < 1.29 is 21.7 Å². The molecule has 1 aliphatic rings. The molecule has 37 heavy (non-hydrogen) atoms. The van der Waals surface area contributed by atoms with Crippen LogP contribution >= 0.6 is 7.26 Å². The van der Waals surface area contributed by atoms with Gasteiger partial charge in [0.25, 0.3) is 0 Å². The summed E-state index contributed by atoms with van der Waals surface area (Å²) in [4.78, 5) is 0. The van der Waals surface area contributed by atoms with Gasteiger partial charge >= 0.3 is 0 Å². The van der Waals surface area contributed by atoms with Crippen LogP contribution in [0.25, 0.3) is 0 Å². The van der Waals surface area contributed by atoms with Crippen LogP contribution in [-0.2, 0) is 17.3 Å². The number of hydrogen-bond donors (Lipinski definition) is 0. The maximum atomic E-state index is 6.02. The minimum Gasteiger partial charge on any atom is -1.00 e. The number of rotatable bonds is 7. The van der Waals surface area contributed by atoms with E-state index in [-0.39, 0.29) is 27.8 Å². The molecule has 0 atom stereocenters. The molecule has 0 aromatic heterocycles. The summed E-state index contributed by atoms with van der Waals surface area (Å²) in [6.07, 6.45) is 3.23. The Morgan fingerprint density at radius 2 is 1.14 bits per heavy atom. The van der Waals surface area contributed by atoms with Crippen LogP contribution in [0.4, 0.5) is 0 Å². The van der Waals surface area contributed by atoms with E-state index in [2.05, 4.69) is 131 Å². The molecule has 3 heteroatoms. The smallest absolute Gasteiger partial charge is 0.123 e. The van der Waals surface area contributed by atoms with Gasteiger partial charge in [-0.25, -0.2) is 0 Å². The van der Waals surface area contributed by atoms with E-state index >= 15 is 0 Å². The molecule has 4 aromatic carbocycles. The second-order valence-corrected chi connectivity index (χ2v) is 15.1. The third kappa shape index (κ3) is 5.04. The standard InChI is InChI=1S/C34H38OP.BrH/c1-33(2)25-34(3,4)32-30(33)23-26(24-31(32)35-5)21-22-36(27-15-9-6-10-16-27,28-17-11-7-12-18-28)29-19-13-8-14-20-29;/h6-20,23-24H,21-22,25H2,1-5H3;1H/q+1;/p-1. The van der Waals surface area contributed by atoms with Gasteiger partial charge in [0.15, 0.2) is 0 Å². The average molecular weight is 574 g/mol. The Kier molecular flexibility index (Phi) is 8.03. The second-order valence-electron chi connectivity index (χ2n) is 11.5. The van der Waals surface area contributed by atoms with Gasteiger partial charge < -0.3 is 21.7 Å². The molecule has 0 amide bonds. The Labute approximate surface area is 234 Å². The number of halogens is 1. The number of benzene rings is 4. The third-order valence-corrected chi connectivity index (χ3v) is 12.4. The number of fused-ring (bicyclic) bond motifs is 1. The maximum absolute atomic E-state index is 6.02. The molecule has 0 bridgehead atoms. The van der Waals surface area contributed by atoms with Crippen LogP contribution < -0.4 is 37.6 Å². The lowest BCUT2D eigenvalue weighted by Crippen LogP contribution is -3.00. The fourth-order valence-electron chi connectivity index (χ4n) is 6.68. The Bertz CT molecular complexity index is 1230. The van der Waals surface area contributed by atoms with E-state index in [9.17, 15) is 0 Å². The van der Waals surface area contributed by atoms with Crippen LogP contribution in [-0.4, -0.2) is 13.3 Å². The van der Waals surface area contributed by atoms with Crippen molar-refractivity contribution >= 4 is 23.2 Å². The van der Waals surface area contributed by atoms with Gasteiger partial charge in [0.05, 0.1) is 13.3 Å². The lowest BCUT2D eigenvalue weighted by atomic mass is 9.82. The first kappa shape index (κ1) is 27.6. The lowest BCUT2D eigenvalue weighted by Gasteiger charge is -2.28. The quantitative estimate of drug-likeness (QED) is 0.302. The van der Waals surface area contributed by atoms with Gasteiger partial charge in [-0.2, -0.15) is 0 Å². The summed E-state index contributed by atoms with van der Waals surface area (Å²) in [6.45, 7) is 9.50. The van der Waals surface area contributed by atoms with Gasteiger partial charge in [0.1, 0.15) is 28.9 Å². The van der Waals surface area contributed by atoms with E-state index in [1.807, 2.05) is 7.11 Å². The summed E-state index contributed by atoms with van der Waals surface area (Å²) in [6, 6.07) is 38.4. The van der Waals surface area contributed by atoms with E-state index in [0.29, 0.717) is 0 Å². The molecule has 1 aliphatic carbocycles. The van der Waals surface area contributed by atoms with Crippen molar-refractivity contribution in [3.8, 4) is 5.75 Å². The summed E-state index contributed by atoms with van der Waals surface area (Å²) in [5.74, 6) is 1.06. The molecule has 192 valence electrons. The first-order valence-corrected chi connectivity index (χ1v) is 15.0. The number of ether oxygens (including phenoxy) is 1. The highest BCUT2D eigenvalue weighted by atomic mass is 79.9. The molecule has 0 radical (unpaired) electrons. The lowest BCUT2D eigenvalue weighted by molar-refractivity contribution is -0.00000838. The fourth-order valence-corrected chi connectivity index (χ4v) is 11.0. The molecular formula is C34H38BrOP. The first-order valence-electron chi connectivity index (χ1n) is 13.0. The Morgan fingerprint density at radius 3 is 1.57 bits per heavy atom. The van der Waals surface area contributed by atoms with Crippen LogP contribution in [0.5, 0.6) is 5.75 Å². The van der Waals surface area contributed by atoms with Gasteiger partial charge in [-0.3, -0.25) is 0 Å². The summed E-state index contributed by atoms with van der Waals surface area (Å²) in [5.41, 5.74) is 4.51. The highest BCUT2D eigenvalue weighted by Gasteiger charge is 2.46. The van der Waals surface area contributed by atoms with Crippen molar-refractivity contribution in [2.45, 2.75) is 51.4 Å². The molecule has 0 fully saturated rings. The summed E-state index contributed by atoms with van der Waals surface area (Å²) in [5, 5.41) is 4.32. The molecule has 0 N–H and O–H groups in total. The zero-order valence-electron chi connectivity index (χ0n) is 22.7. The Hall–Kier alpha value is -2.41. The zero-order chi connectivity index (χ0) is 25.4. The van der Waals surface area contributed by atoms with Crippen molar-refractivity contribution in [2.75, 3.05) is 13.3 Å². The minimum absolute atomic E-state index is 0. The monoisotopic (exact) mass is 572 g/mol. The van der Waals surface area contributed by atoms with Crippen molar-refractivity contribution in [1.82, 2.24) is 0 Å². The summed E-state index contributed by atoms with van der Waals surface area (Å²) in [7, 11) is -0.0314. The van der Waals surface area contributed by atoms with E-state index < -0.39 is 7.26 Å². The van der Waals surface area contributed by atoms with Gasteiger partial charge in [0, 0.05) is 12.0 Å². The van der Waals surface area contributed by atoms with Crippen molar-refractivity contribution in [3.05, 3.63) is 120 Å². The molecule has 0 aliphatic heterocycles. The Balaban J connectivity index is 0.00000320. The SMILES string of the molecule is COc1cc(CC[P+](c2ccccc2)(c2ccccc2)c2ccccc2)cc2c1C(C)(C)CC2(C)C.[Br-]. The fraction of sp³-hybridized carbons (Fsp3) is 0.294. The van der Waals surface area contributed by atoms with Gasteiger partial charge in [-0.15, -0.1) is 0 Å². The predicted octanol–water partition coefficient (Wildman–Crippen LogP) is 4.19. The number of methoxy groups -OCH3 is 1. The molecule has 0 saturated heterocycles. The van der Waals surface area contributed by atoms with Crippen LogP contribution in [0.2, 0.25) is 0 Å². The van der Waals surface area contributed by atoms with E-state index in [1.54, 1.807) is 0 Å². The van der Waals surface area contributed by atoms with Gasteiger partial charge in [-0.05, 0) is 70.8 Å². The molecule has 0 unspecified atom stereocenters. The predicted molar refractivity (Wildman–Crippen MR) is 157 cm³/mol. The van der Waals surface area contributed by atoms with Crippen molar-refractivity contribution in [3.63, 3.8) is 0 Å². The van der Waals surface area contributed by atoms with Gasteiger partial charge in [0.2, 0.25) is 0 Å². The number of aryl methyl sites for hydroxylation is 1. The summed E-state index contributed by atoms with van der Waals surface area (Å²) < 4.78 is 6.02. The molecule has 1 nitrogen and oxygen atoms in total. The van der Waals surface area contributed by atoms with Crippen molar-refractivity contribution in [2.24, 2.45) is 0 Å². The summed E-state index contributed by atoms with van der Waals surface area (Å²) >= 11 is 0. The first-order chi connectivity index (χ1) is 17.3. The van der Waals surface area contributed by atoms with E-state index in [0.717, 1.165) is 24.8 Å². The molecule has 0 spiro atoms. The molecule has 5 rings (SSSR count). The zero-order valence-corrected chi connectivity index (χ0v) is 25.2. The topological polar surface area (TPSA) is 9.23 Å². The minimum atomic E-state index is -1.86.